The lowest BCUT2D eigenvalue weighted by Crippen LogP contribution is -2.39. The molecule has 3 heterocycles. The molecule has 29 heavy (non-hydrogen) atoms. The van der Waals surface area contributed by atoms with Crippen LogP contribution < -0.4 is 0 Å². The normalized spacial score (nSPS) is 15.9. The van der Waals surface area contributed by atoms with Crippen LogP contribution >= 0.6 is 0 Å². The Morgan fingerprint density at radius 1 is 1.10 bits per heavy atom. The minimum atomic E-state index is -0.599. The monoisotopic (exact) mass is 384 g/mol. The van der Waals surface area contributed by atoms with Crippen LogP contribution in [0.4, 0.5) is 0 Å². The van der Waals surface area contributed by atoms with Gasteiger partial charge < -0.3 is 4.42 Å². The molecule has 0 N–H and O–H groups in total. The quantitative estimate of drug-likeness (QED) is 0.510. The van der Waals surface area contributed by atoms with E-state index in [4.69, 9.17) is 4.42 Å². The summed E-state index contributed by atoms with van der Waals surface area (Å²) in [6, 6.07) is 15.0. The van der Waals surface area contributed by atoms with E-state index in [1.165, 1.54) is 7.05 Å². The predicted octanol–water partition coefficient (Wildman–Crippen LogP) is 3.35. The van der Waals surface area contributed by atoms with Crippen molar-refractivity contribution in [2.75, 3.05) is 7.05 Å². The summed E-state index contributed by atoms with van der Waals surface area (Å²) in [5.74, 6) is -0.524. The van der Waals surface area contributed by atoms with Crippen LogP contribution in [0, 0.1) is 11.3 Å². The first-order chi connectivity index (χ1) is 14.0. The van der Waals surface area contributed by atoms with Gasteiger partial charge in [0.05, 0.1) is 12.0 Å². The highest BCUT2D eigenvalue weighted by Gasteiger charge is 2.33. The molecule has 0 unspecified atom stereocenters. The Bertz CT molecular complexity index is 1210. The number of hydrogen-bond donors (Lipinski definition) is 0. The molecule has 4 rings (SSSR count). The number of imide groups is 1. The zero-order valence-corrected chi connectivity index (χ0v) is 15.8. The van der Waals surface area contributed by atoms with Gasteiger partial charge >= 0.3 is 0 Å². The molecular weight excluding hydrogens is 368 g/mol. The van der Waals surface area contributed by atoms with Crippen LogP contribution in [0.3, 0.4) is 0 Å². The molecule has 2 aromatic heterocycles. The van der Waals surface area contributed by atoms with Crippen molar-refractivity contribution >= 4 is 17.9 Å². The Balaban J connectivity index is 1.92. The number of likely N-dealkylation sites (N-methyl/N-ethyl adjacent to an activating group) is 1. The van der Waals surface area contributed by atoms with Crippen LogP contribution in [-0.2, 0) is 9.59 Å². The summed E-state index contributed by atoms with van der Waals surface area (Å²) in [7, 11) is 1.36. The predicted molar refractivity (Wildman–Crippen MR) is 105 cm³/mol. The highest BCUT2D eigenvalue weighted by molar-refractivity contribution is 6.19. The van der Waals surface area contributed by atoms with E-state index in [0.29, 0.717) is 22.6 Å². The minimum absolute atomic E-state index is 0.0478. The molecule has 142 valence electrons. The van der Waals surface area contributed by atoms with Crippen molar-refractivity contribution in [3.63, 3.8) is 0 Å². The van der Waals surface area contributed by atoms with Gasteiger partial charge in [-0.2, -0.15) is 10.4 Å². The van der Waals surface area contributed by atoms with Gasteiger partial charge in [-0.25, -0.2) is 4.68 Å². The summed E-state index contributed by atoms with van der Waals surface area (Å²) >= 11 is 0. The number of rotatable bonds is 3. The van der Waals surface area contributed by atoms with Gasteiger partial charge in [0.2, 0.25) is 0 Å². The molecule has 7 heteroatoms. The van der Waals surface area contributed by atoms with Crippen molar-refractivity contribution < 1.29 is 14.0 Å². The van der Waals surface area contributed by atoms with Crippen molar-refractivity contribution in [2.24, 2.45) is 0 Å². The zero-order chi connectivity index (χ0) is 20.5. The third kappa shape index (κ3) is 3.07. The van der Waals surface area contributed by atoms with Crippen molar-refractivity contribution in [1.29, 1.82) is 5.26 Å². The molecule has 1 aliphatic rings. The van der Waals surface area contributed by atoms with Gasteiger partial charge in [0.1, 0.15) is 17.3 Å². The molecule has 2 amide bonds. The molecule has 1 aromatic carbocycles. The summed E-state index contributed by atoms with van der Waals surface area (Å²) in [5, 5.41) is 14.0. The van der Waals surface area contributed by atoms with Crippen LogP contribution in [0.15, 0.2) is 76.1 Å². The van der Waals surface area contributed by atoms with E-state index in [1.807, 2.05) is 36.4 Å². The number of aromatic nitrogens is 2. The molecule has 0 bridgehead atoms. The Hall–Kier alpha value is -4.18. The average Bonchev–Trinajstić information content (AvgIpc) is 3.40. The number of furan rings is 1. The molecule has 0 fully saturated rings. The Morgan fingerprint density at radius 3 is 2.52 bits per heavy atom. The Labute approximate surface area is 166 Å². The van der Waals surface area contributed by atoms with Crippen molar-refractivity contribution in [3.8, 4) is 23.2 Å². The minimum Gasteiger partial charge on any atom is -0.463 e. The van der Waals surface area contributed by atoms with Gasteiger partial charge in [0.15, 0.2) is 5.76 Å². The maximum absolute atomic E-state index is 12.7. The second kappa shape index (κ2) is 7.09. The number of nitriles is 1. The number of para-hydroxylation sites is 1. The first-order valence-corrected chi connectivity index (χ1v) is 8.85. The molecule has 3 aromatic rings. The van der Waals surface area contributed by atoms with Crippen molar-refractivity contribution in [2.45, 2.75) is 6.92 Å². The number of carbonyl (C=O) groups excluding carboxylic acids is 2. The number of nitrogens with zero attached hydrogens (tertiary/aromatic N) is 4. The van der Waals surface area contributed by atoms with E-state index in [1.54, 1.807) is 42.3 Å². The summed E-state index contributed by atoms with van der Waals surface area (Å²) in [6.07, 6.45) is 4.97. The lowest BCUT2D eigenvalue weighted by Gasteiger charge is -2.23. The first-order valence-electron chi connectivity index (χ1n) is 8.85. The summed E-state index contributed by atoms with van der Waals surface area (Å²) in [6.45, 7) is 1.60. The van der Waals surface area contributed by atoms with Crippen molar-refractivity contribution in [3.05, 3.63) is 77.2 Å². The molecule has 0 atom stereocenters. The lowest BCUT2D eigenvalue weighted by molar-refractivity contribution is -0.138. The number of benzene rings is 1. The Kier molecular flexibility index (Phi) is 4.45. The largest absolute Gasteiger partial charge is 0.463 e. The van der Waals surface area contributed by atoms with E-state index in [0.717, 1.165) is 10.6 Å². The van der Waals surface area contributed by atoms with E-state index in [-0.39, 0.29) is 11.1 Å². The molecule has 0 spiro atoms. The first kappa shape index (κ1) is 18.2. The fraction of sp³-hybridized carbons (Fsp3) is 0.0909. The van der Waals surface area contributed by atoms with E-state index in [9.17, 15) is 14.9 Å². The highest BCUT2D eigenvalue weighted by Crippen LogP contribution is 2.30. The molecule has 0 saturated heterocycles. The number of amides is 2. The van der Waals surface area contributed by atoms with E-state index in [2.05, 4.69) is 5.10 Å². The standard InChI is InChI=1S/C22H16N4O3/c1-14-17(21(27)25(2)22(28)18(14)12-23)11-15-13-26(16-7-4-3-5-8-16)24-20(15)19-9-6-10-29-19/h3-11,13H,1-2H3. The molecule has 0 aliphatic carbocycles. The maximum atomic E-state index is 12.7. The van der Waals surface area contributed by atoms with Crippen LogP contribution in [0.1, 0.15) is 12.5 Å². The van der Waals surface area contributed by atoms with Gasteiger partial charge in [-0.3, -0.25) is 14.5 Å². The molecule has 0 saturated carbocycles. The third-order valence-electron chi connectivity index (χ3n) is 4.76. The third-order valence-corrected chi connectivity index (χ3v) is 4.76. The Morgan fingerprint density at radius 2 is 1.86 bits per heavy atom. The van der Waals surface area contributed by atoms with Crippen LogP contribution in [-0.4, -0.2) is 33.5 Å². The zero-order valence-electron chi connectivity index (χ0n) is 15.8. The van der Waals surface area contributed by atoms with E-state index < -0.39 is 11.8 Å². The smallest absolute Gasteiger partial charge is 0.271 e. The maximum Gasteiger partial charge on any atom is 0.271 e. The van der Waals surface area contributed by atoms with E-state index >= 15 is 0 Å². The SMILES string of the molecule is CC1=C(C#N)C(=O)N(C)C(=O)C1=Cc1cn(-c2ccccc2)nc1-c1ccco1. The highest BCUT2D eigenvalue weighted by atomic mass is 16.3. The molecular formula is C22H16N4O3. The lowest BCUT2D eigenvalue weighted by atomic mass is 9.94. The number of hydrogen-bond acceptors (Lipinski definition) is 5. The molecule has 7 nitrogen and oxygen atoms in total. The summed E-state index contributed by atoms with van der Waals surface area (Å²) in [5.41, 5.74) is 2.59. The second-order valence-electron chi connectivity index (χ2n) is 6.53. The van der Waals surface area contributed by atoms with Gasteiger partial charge in [0.25, 0.3) is 11.8 Å². The van der Waals surface area contributed by atoms with Gasteiger partial charge in [-0.15, -0.1) is 0 Å². The van der Waals surface area contributed by atoms with Gasteiger partial charge in [-0.1, -0.05) is 18.2 Å². The molecule has 1 aliphatic heterocycles. The number of carbonyl (C=O) groups is 2. The van der Waals surface area contributed by atoms with Crippen LogP contribution in [0.25, 0.3) is 23.2 Å². The van der Waals surface area contributed by atoms with Crippen LogP contribution in [0.2, 0.25) is 0 Å². The van der Waals surface area contributed by atoms with Gasteiger partial charge in [0, 0.05) is 24.4 Å². The molecule has 0 radical (unpaired) electrons. The van der Waals surface area contributed by atoms with Gasteiger partial charge in [-0.05, 0) is 42.8 Å². The summed E-state index contributed by atoms with van der Waals surface area (Å²) in [4.78, 5) is 25.9. The second-order valence-corrected chi connectivity index (χ2v) is 6.53. The topological polar surface area (TPSA) is 92.1 Å². The van der Waals surface area contributed by atoms with Crippen molar-refractivity contribution in [1.82, 2.24) is 14.7 Å². The fourth-order valence-corrected chi connectivity index (χ4v) is 3.16. The summed E-state index contributed by atoms with van der Waals surface area (Å²) < 4.78 is 7.20. The van der Waals surface area contributed by atoms with Crippen LogP contribution in [0.5, 0.6) is 0 Å². The fourth-order valence-electron chi connectivity index (χ4n) is 3.16. The average molecular weight is 384 g/mol.